The Hall–Kier alpha value is -0.680. The minimum Gasteiger partial charge on any atom is -0.330 e. The molecule has 0 amide bonds. The van der Waals surface area contributed by atoms with Crippen molar-refractivity contribution >= 4 is 10.8 Å². The zero-order chi connectivity index (χ0) is 11.5. The molecule has 1 aliphatic rings. The maximum Gasteiger partial charge on any atom is 0.0951 e. The average molecular weight is 241 g/mol. The molecule has 1 aliphatic carbocycles. The first-order valence-corrected chi connectivity index (χ1v) is 7.43. The predicted molar refractivity (Wildman–Crippen MR) is 65.7 cm³/mol. The topological polar surface area (TPSA) is 46.9 Å². The molecule has 0 aromatic carbocycles. The normalized spacial score (nSPS) is 19.6. The molecule has 0 spiro atoms. The van der Waals surface area contributed by atoms with Crippen molar-refractivity contribution in [2.24, 2.45) is 0 Å². The lowest BCUT2D eigenvalue weighted by Crippen LogP contribution is -2.31. The number of rotatable bonds is 6. The van der Waals surface area contributed by atoms with E-state index in [0.717, 1.165) is 6.54 Å². The average Bonchev–Trinajstić information content (AvgIpc) is 2.94. The highest BCUT2D eigenvalue weighted by atomic mass is 32.2. The van der Waals surface area contributed by atoms with Crippen LogP contribution in [-0.2, 0) is 17.3 Å². The summed E-state index contributed by atoms with van der Waals surface area (Å²) < 4.78 is 13.3. The van der Waals surface area contributed by atoms with E-state index >= 15 is 0 Å². The van der Waals surface area contributed by atoms with Gasteiger partial charge in [-0.25, -0.2) is 4.98 Å². The second-order valence-electron chi connectivity index (χ2n) is 4.55. The van der Waals surface area contributed by atoms with Gasteiger partial charge >= 0.3 is 0 Å². The molecule has 4 nitrogen and oxygen atoms in total. The molecule has 1 aromatic heterocycles. The Balaban J connectivity index is 1.84. The van der Waals surface area contributed by atoms with Crippen molar-refractivity contribution in [1.29, 1.82) is 0 Å². The van der Waals surface area contributed by atoms with Crippen molar-refractivity contribution in [3.63, 3.8) is 0 Å². The second-order valence-corrected chi connectivity index (χ2v) is 6.02. The summed E-state index contributed by atoms with van der Waals surface area (Å²) in [6.07, 6.45) is 8.13. The van der Waals surface area contributed by atoms with Gasteiger partial charge in [0.05, 0.1) is 12.0 Å². The van der Waals surface area contributed by atoms with Gasteiger partial charge in [-0.3, -0.25) is 4.21 Å². The number of nitrogens with one attached hydrogen (secondary N) is 1. The number of aromatic nitrogens is 2. The fourth-order valence-electron chi connectivity index (χ4n) is 1.84. The molecule has 2 rings (SSSR count). The monoisotopic (exact) mass is 241 g/mol. The van der Waals surface area contributed by atoms with Crippen LogP contribution >= 0.6 is 0 Å². The summed E-state index contributed by atoms with van der Waals surface area (Å²) in [5, 5.41) is 3.39. The van der Waals surface area contributed by atoms with E-state index < -0.39 is 10.8 Å². The van der Waals surface area contributed by atoms with E-state index in [-0.39, 0.29) is 6.04 Å². The summed E-state index contributed by atoms with van der Waals surface area (Å²) in [6.45, 7) is 2.88. The Labute approximate surface area is 98.9 Å². The molecule has 0 saturated heterocycles. The number of hydrogen-bond acceptors (Lipinski definition) is 3. The highest BCUT2D eigenvalue weighted by Gasteiger charge is 2.25. The van der Waals surface area contributed by atoms with Crippen LogP contribution in [-0.4, -0.2) is 31.8 Å². The number of hydrogen-bond donors (Lipinski definition) is 1. The quantitative estimate of drug-likeness (QED) is 0.810. The van der Waals surface area contributed by atoms with Crippen LogP contribution in [0.2, 0.25) is 0 Å². The Morgan fingerprint density at radius 1 is 1.69 bits per heavy atom. The SMILES string of the molecule is CC(CS(C)=O)NCc1cncn1C1CC1. The standard InChI is InChI=1S/C11H19N3OS/c1-9(7-16(2)15)13-6-11-5-12-8-14(11)10-3-4-10/h5,8-10,13H,3-4,6-7H2,1-2H3. The predicted octanol–water partition coefficient (Wildman–Crippen LogP) is 1.07. The minimum atomic E-state index is -0.731. The lowest BCUT2D eigenvalue weighted by molar-refractivity contribution is 0.558. The van der Waals surface area contributed by atoms with Gasteiger partial charge < -0.3 is 9.88 Å². The molecule has 16 heavy (non-hydrogen) atoms. The van der Waals surface area contributed by atoms with Gasteiger partial charge in [-0.2, -0.15) is 0 Å². The number of imidazole rings is 1. The van der Waals surface area contributed by atoms with E-state index in [1.165, 1.54) is 18.5 Å². The molecule has 1 heterocycles. The fourth-order valence-corrected chi connectivity index (χ4v) is 2.66. The summed E-state index contributed by atoms with van der Waals surface area (Å²) in [6, 6.07) is 0.961. The zero-order valence-corrected chi connectivity index (χ0v) is 10.7. The molecule has 2 unspecified atom stereocenters. The van der Waals surface area contributed by atoms with Crippen molar-refractivity contribution in [2.45, 2.75) is 38.4 Å². The van der Waals surface area contributed by atoms with Gasteiger partial charge in [0.25, 0.3) is 0 Å². The third kappa shape index (κ3) is 3.15. The lowest BCUT2D eigenvalue weighted by atomic mass is 10.3. The van der Waals surface area contributed by atoms with Gasteiger partial charge in [0.1, 0.15) is 0 Å². The molecular formula is C11H19N3OS. The molecule has 2 atom stereocenters. The van der Waals surface area contributed by atoms with E-state index in [2.05, 4.69) is 21.8 Å². The Kier molecular flexibility index (Phi) is 3.76. The highest BCUT2D eigenvalue weighted by Crippen LogP contribution is 2.35. The molecular weight excluding hydrogens is 222 g/mol. The minimum absolute atomic E-state index is 0.286. The smallest absolute Gasteiger partial charge is 0.0951 e. The Morgan fingerprint density at radius 3 is 3.06 bits per heavy atom. The van der Waals surface area contributed by atoms with Gasteiger partial charge in [0.15, 0.2) is 0 Å². The number of nitrogens with zero attached hydrogens (tertiary/aromatic N) is 2. The molecule has 1 fully saturated rings. The van der Waals surface area contributed by atoms with Crippen LogP contribution in [0, 0.1) is 0 Å². The maximum absolute atomic E-state index is 11.1. The molecule has 90 valence electrons. The van der Waals surface area contributed by atoms with Crippen molar-refractivity contribution < 1.29 is 4.21 Å². The first-order chi connectivity index (χ1) is 7.66. The van der Waals surface area contributed by atoms with Gasteiger partial charge in [-0.15, -0.1) is 0 Å². The van der Waals surface area contributed by atoms with Crippen molar-refractivity contribution in [1.82, 2.24) is 14.9 Å². The summed E-state index contributed by atoms with van der Waals surface area (Å²) in [5.74, 6) is 0.706. The molecule has 1 aromatic rings. The summed E-state index contributed by atoms with van der Waals surface area (Å²) in [5.41, 5.74) is 1.23. The van der Waals surface area contributed by atoms with Crippen LogP contribution in [0.25, 0.3) is 0 Å². The van der Waals surface area contributed by atoms with Crippen LogP contribution in [0.3, 0.4) is 0 Å². The van der Waals surface area contributed by atoms with Gasteiger partial charge in [-0.1, -0.05) is 0 Å². The first kappa shape index (κ1) is 11.8. The van der Waals surface area contributed by atoms with E-state index in [0.29, 0.717) is 11.8 Å². The zero-order valence-electron chi connectivity index (χ0n) is 9.85. The first-order valence-electron chi connectivity index (χ1n) is 5.71. The van der Waals surface area contributed by atoms with Gasteiger partial charge in [0, 0.05) is 47.6 Å². The van der Waals surface area contributed by atoms with Crippen LogP contribution in [0.5, 0.6) is 0 Å². The van der Waals surface area contributed by atoms with Gasteiger partial charge in [0.2, 0.25) is 0 Å². The van der Waals surface area contributed by atoms with E-state index in [9.17, 15) is 4.21 Å². The molecule has 0 aliphatic heterocycles. The molecule has 5 heteroatoms. The largest absolute Gasteiger partial charge is 0.330 e. The van der Waals surface area contributed by atoms with Crippen LogP contribution in [0.1, 0.15) is 31.5 Å². The van der Waals surface area contributed by atoms with Crippen molar-refractivity contribution in [3.8, 4) is 0 Å². The maximum atomic E-state index is 11.1. The summed E-state index contributed by atoms with van der Waals surface area (Å²) >= 11 is 0. The summed E-state index contributed by atoms with van der Waals surface area (Å²) in [4.78, 5) is 4.19. The van der Waals surface area contributed by atoms with Crippen LogP contribution in [0.4, 0.5) is 0 Å². The molecule has 0 radical (unpaired) electrons. The van der Waals surface area contributed by atoms with Crippen molar-refractivity contribution in [3.05, 3.63) is 18.2 Å². The molecule has 1 saturated carbocycles. The van der Waals surface area contributed by atoms with E-state index in [1.807, 2.05) is 12.5 Å². The Morgan fingerprint density at radius 2 is 2.44 bits per heavy atom. The Bertz CT molecular complexity index is 373. The van der Waals surface area contributed by atoms with Crippen molar-refractivity contribution in [2.75, 3.05) is 12.0 Å². The molecule has 1 N–H and O–H groups in total. The lowest BCUT2D eigenvalue weighted by Gasteiger charge is -2.13. The fraction of sp³-hybridized carbons (Fsp3) is 0.727. The van der Waals surface area contributed by atoms with E-state index in [1.54, 1.807) is 6.26 Å². The third-order valence-corrected chi connectivity index (χ3v) is 3.77. The summed E-state index contributed by atoms with van der Waals surface area (Å²) in [7, 11) is -0.731. The van der Waals surface area contributed by atoms with Gasteiger partial charge in [-0.05, 0) is 19.8 Å². The third-order valence-electron chi connectivity index (χ3n) is 2.80. The van der Waals surface area contributed by atoms with E-state index in [4.69, 9.17) is 0 Å². The van der Waals surface area contributed by atoms with Crippen LogP contribution < -0.4 is 5.32 Å². The second kappa shape index (κ2) is 5.10. The van der Waals surface area contributed by atoms with Crippen LogP contribution in [0.15, 0.2) is 12.5 Å². The highest BCUT2D eigenvalue weighted by molar-refractivity contribution is 7.84. The molecule has 0 bridgehead atoms.